The molecule has 7 aromatic carbocycles. The zero-order chi connectivity index (χ0) is 30.5. The third-order valence-corrected chi connectivity index (χ3v) is 9.48. The van der Waals surface area contributed by atoms with Crippen molar-refractivity contribution in [1.29, 1.82) is 0 Å². The van der Waals surface area contributed by atoms with Crippen molar-refractivity contribution >= 4 is 33.2 Å². The average molecular weight is 589 g/mol. The van der Waals surface area contributed by atoms with Crippen LogP contribution < -0.4 is 4.90 Å². The number of aromatic nitrogens is 1. The number of hydrogen-bond acceptors (Lipinski definition) is 1. The molecule has 0 saturated heterocycles. The lowest BCUT2D eigenvalue weighted by molar-refractivity contribution is 0.999. The predicted molar refractivity (Wildman–Crippen MR) is 194 cm³/mol. The van der Waals surface area contributed by atoms with E-state index in [0.717, 1.165) is 13.0 Å². The smallest absolute Gasteiger partial charge is 0.0541 e. The fourth-order valence-corrected chi connectivity index (χ4v) is 7.20. The molecule has 46 heavy (non-hydrogen) atoms. The van der Waals surface area contributed by atoms with Crippen molar-refractivity contribution in [1.82, 2.24) is 4.57 Å². The van der Waals surface area contributed by atoms with Crippen molar-refractivity contribution in [2.75, 3.05) is 11.4 Å². The van der Waals surface area contributed by atoms with Crippen molar-refractivity contribution in [2.45, 2.75) is 6.42 Å². The van der Waals surface area contributed by atoms with Gasteiger partial charge in [0.1, 0.15) is 0 Å². The van der Waals surface area contributed by atoms with Gasteiger partial charge >= 0.3 is 0 Å². The van der Waals surface area contributed by atoms with Gasteiger partial charge in [0.25, 0.3) is 0 Å². The summed E-state index contributed by atoms with van der Waals surface area (Å²) in [5, 5.41) is 2.55. The molecule has 2 nitrogen and oxygen atoms in total. The van der Waals surface area contributed by atoms with Crippen LogP contribution in [-0.2, 0) is 6.42 Å². The molecule has 0 N–H and O–H groups in total. The Morgan fingerprint density at radius 2 is 0.957 bits per heavy atom. The van der Waals surface area contributed by atoms with E-state index in [0.29, 0.717) is 0 Å². The first-order valence-electron chi connectivity index (χ1n) is 16.1. The molecule has 2 heterocycles. The second-order valence-electron chi connectivity index (χ2n) is 12.2. The quantitative estimate of drug-likeness (QED) is 0.194. The molecule has 0 bridgehead atoms. The Hall–Kier alpha value is -5.86. The van der Waals surface area contributed by atoms with Gasteiger partial charge in [-0.3, -0.25) is 0 Å². The van der Waals surface area contributed by atoms with Crippen LogP contribution in [0.5, 0.6) is 0 Å². The first-order chi connectivity index (χ1) is 22.8. The van der Waals surface area contributed by atoms with Crippen LogP contribution in [0.25, 0.3) is 60.9 Å². The highest BCUT2D eigenvalue weighted by Gasteiger charge is 2.22. The van der Waals surface area contributed by atoms with Gasteiger partial charge in [0, 0.05) is 34.4 Å². The summed E-state index contributed by atoms with van der Waals surface area (Å²) in [6.07, 6.45) is 1.04. The highest BCUT2D eigenvalue weighted by molar-refractivity contribution is 6.10. The Morgan fingerprint density at radius 3 is 1.76 bits per heavy atom. The van der Waals surface area contributed by atoms with Crippen LogP contribution in [0.4, 0.5) is 11.4 Å². The Labute approximate surface area is 269 Å². The normalized spacial score (nSPS) is 12.6. The van der Waals surface area contributed by atoms with Crippen molar-refractivity contribution in [3.63, 3.8) is 0 Å². The van der Waals surface area contributed by atoms with E-state index in [1.807, 2.05) is 0 Å². The molecule has 1 aliphatic rings. The van der Waals surface area contributed by atoms with E-state index >= 15 is 0 Å². The van der Waals surface area contributed by atoms with Crippen molar-refractivity contribution in [3.8, 4) is 39.1 Å². The van der Waals surface area contributed by atoms with Crippen LogP contribution in [0.2, 0.25) is 0 Å². The highest BCUT2D eigenvalue weighted by Crippen LogP contribution is 2.40. The first kappa shape index (κ1) is 26.5. The average Bonchev–Trinajstić information content (AvgIpc) is 3.71. The van der Waals surface area contributed by atoms with Crippen LogP contribution in [0.15, 0.2) is 170 Å². The van der Waals surface area contributed by atoms with E-state index in [2.05, 4.69) is 179 Å². The van der Waals surface area contributed by atoms with Gasteiger partial charge < -0.3 is 9.47 Å². The number of nitrogens with zero attached hydrogens (tertiary/aromatic N) is 2. The molecule has 2 heteroatoms. The monoisotopic (exact) mass is 588 g/mol. The van der Waals surface area contributed by atoms with Gasteiger partial charge in [0.2, 0.25) is 0 Å². The van der Waals surface area contributed by atoms with Crippen LogP contribution in [0, 0.1) is 0 Å². The second kappa shape index (κ2) is 10.9. The van der Waals surface area contributed by atoms with Crippen LogP contribution in [-0.4, -0.2) is 11.1 Å². The second-order valence-corrected chi connectivity index (χ2v) is 12.2. The van der Waals surface area contributed by atoms with Gasteiger partial charge in [-0.25, -0.2) is 0 Å². The molecule has 0 radical (unpaired) electrons. The van der Waals surface area contributed by atoms with Crippen LogP contribution in [0.3, 0.4) is 0 Å². The molecule has 1 aromatic heterocycles. The molecular weight excluding hydrogens is 556 g/mol. The molecule has 0 amide bonds. The van der Waals surface area contributed by atoms with E-state index < -0.39 is 0 Å². The number of anilines is 2. The summed E-state index contributed by atoms with van der Waals surface area (Å²) in [6.45, 7) is 0.993. The van der Waals surface area contributed by atoms with Gasteiger partial charge in [-0.2, -0.15) is 0 Å². The third kappa shape index (κ3) is 4.50. The Kier molecular flexibility index (Phi) is 6.31. The van der Waals surface area contributed by atoms with Crippen LogP contribution in [0.1, 0.15) is 5.56 Å². The lowest BCUT2D eigenvalue weighted by Crippen LogP contribution is -2.13. The summed E-state index contributed by atoms with van der Waals surface area (Å²) in [7, 11) is 0. The number of fused-ring (bicyclic) bond motifs is 4. The van der Waals surface area contributed by atoms with E-state index in [1.165, 1.54) is 77.8 Å². The van der Waals surface area contributed by atoms with Gasteiger partial charge in [0.05, 0.1) is 11.0 Å². The zero-order valence-electron chi connectivity index (χ0n) is 25.5. The summed E-state index contributed by atoms with van der Waals surface area (Å²) < 4.78 is 2.40. The summed E-state index contributed by atoms with van der Waals surface area (Å²) in [5.74, 6) is 0. The number of hydrogen-bond donors (Lipinski definition) is 0. The Balaban J connectivity index is 1.07. The molecule has 0 fully saturated rings. The highest BCUT2D eigenvalue weighted by atomic mass is 15.2. The topological polar surface area (TPSA) is 8.17 Å². The van der Waals surface area contributed by atoms with E-state index in [-0.39, 0.29) is 0 Å². The summed E-state index contributed by atoms with van der Waals surface area (Å²) >= 11 is 0. The Bertz CT molecular complexity index is 2350. The minimum atomic E-state index is 0.993. The number of rotatable bonds is 5. The fraction of sp³-hybridized carbons (Fsp3) is 0.0455. The molecule has 1 aliphatic heterocycles. The minimum Gasteiger partial charge on any atom is -0.341 e. The van der Waals surface area contributed by atoms with E-state index in [9.17, 15) is 0 Å². The zero-order valence-corrected chi connectivity index (χ0v) is 25.5. The number of benzene rings is 7. The molecule has 9 rings (SSSR count). The van der Waals surface area contributed by atoms with Gasteiger partial charge in [-0.15, -0.1) is 0 Å². The molecular formula is C44H32N2. The van der Waals surface area contributed by atoms with Crippen LogP contribution >= 0.6 is 0 Å². The molecule has 218 valence electrons. The molecule has 0 atom stereocenters. The predicted octanol–water partition coefficient (Wildman–Crippen LogP) is 11.5. The third-order valence-electron chi connectivity index (χ3n) is 9.48. The van der Waals surface area contributed by atoms with Crippen molar-refractivity contribution in [2.24, 2.45) is 0 Å². The molecule has 0 spiro atoms. The molecule has 0 aliphatic carbocycles. The lowest BCUT2D eigenvalue weighted by atomic mass is 9.99. The van der Waals surface area contributed by atoms with E-state index in [4.69, 9.17) is 0 Å². The Morgan fingerprint density at radius 1 is 0.370 bits per heavy atom. The van der Waals surface area contributed by atoms with Crippen molar-refractivity contribution in [3.05, 3.63) is 175 Å². The molecule has 0 unspecified atom stereocenters. The van der Waals surface area contributed by atoms with E-state index in [1.54, 1.807) is 0 Å². The van der Waals surface area contributed by atoms with Crippen molar-refractivity contribution < 1.29 is 0 Å². The van der Waals surface area contributed by atoms with Gasteiger partial charge in [-0.1, -0.05) is 115 Å². The number of para-hydroxylation sites is 1. The maximum absolute atomic E-state index is 2.46. The summed E-state index contributed by atoms with van der Waals surface area (Å²) in [6, 6.07) is 61.8. The molecule has 8 aromatic rings. The fourth-order valence-electron chi connectivity index (χ4n) is 7.20. The van der Waals surface area contributed by atoms with Gasteiger partial charge in [-0.05, 0) is 100.0 Å². The first-order valence-corrected chi connectivity index (χ1v) is 16.1. The largest absolute Gasteiger partial charge is 0.341 e. The minimum absolute atomic E-state index is 0.993. The lowest BCUT2D eigenvalue weighted by Gasteiger charge is -2.21. The maximum atomic E-state index is 2.46. The summed E-state index contributed by atoms with van der Waals surface area (Å²) in [5.41, 5.74) is 15.1. The summed E-state index contributed by atoms with van der Waals surface area (Å²) in [4.78, 5) is 2.46. The SMILES string of the molecule is c1ccc(-c2ccc(-n3c4ccccc4c4cc(-c5ccc6c(c5)CCN6c5cccc(-c6ccccc6)c5)ccc43)cc2)cc1. The maximum Gasteiger partial charge on any atom is 0.0541 e. The van der Waals surface area contributed by atoms with Gasteiger partial charge in [0.15, 0.2) is 0 Å². The standard InChI is InChI=1S/C44H32N2/c1-3-10-31(11-4-1)33-18-22-38(23-19-33)46-43-17-8-7-16-40(43)41-30-36(21-25-44(41)46)35-20-24-42-37(28-35)26-27-45(42)39-15-9-14-34(29-39)32-12-5-2-6-13-32/h1-25,28-30H,26-27H2. The molecule has 0 saturated carbocycles.